The normalized spacial score (nSPS) is 14.4. The molecule has 0 aliphatic rings. The van der Waals surface area contributed by atoms with Crippen LogP contribution in [0.2, 0.25) is 0 Å². The highest BCUT2D eigenvalue weighted by Crippen LogP contribution is 2.09. The summed E-state index contributed by atoms with van der Waals surface area (Å²) in [4.78, 5) is 61.9. The quantitative estimate of drug-likeness (QED) is 0.194. The topological polar surface area (TPSA) is 194 Å². The number of rotatable bonds is 15. The lowest BCUT2D eigenvalue weighted by Crippen LogP contribution is -2.58. The smallest absolute Gasteiger partial charge is 0.326 e. The highest BCUT2D eigenvalue weighted by Gasteiger charge is 2.31. The van der Waals surface area contributed by atoms with E-state index < -0.39 is 60.2 Å². The van der Waals surface area contributed by atoms with Crippen LogP contribution in [0.25, 0.3) is 0 Å². The summed E-state index contributed by atoms with van der Waals surface area (Å²) < 4.78 is 0. The second kappa shape index (κ2) is 14.8. The number of amides is 4. The van der Waals surface area contributed by atoms with Crippen LogP contribution in [0.3, 0.4) is 0 Å². The maximum Gasteiger partial charge on any atom is 0.326 e. The van der Waals surface area contributed by atoms with Gasteiger partial charge in [0, 0.05) is 6.42 Å². The lowest BCUT2D eigenvalue weighted by atomic mass is 10.0. The third kappa shape index (κ3) is 11.3. The van der Waals surface area contributed by atoms with Gasteiger partial charge in [-0.15, -0.1) is 0 Å². The van der Waals surface area contributed by atoms with Gasteiger partial charge in [-0.3, -0.25) is 19.2 Å². The molecular weight excluding hydrogens is 466 g/mol. The highest BCUT2D eigenvalue weighted by atomic mass is 16.4. The number of nitrogens with two attached hydrogens (primary N) is 2. The van der Waals surface area contributed by atoms with Crippen molar-refractivity contribution in [2.45, 2.75) is 77.5 Å². The van der Waals surface area contributed by atoms with E-state index in [9.17, 15) is 29.1 Å². The third-order valence-corrected chi connectivity index (χ3v) is 5.34. The summed E-state index contributed by atoms with van der Waals surface area (Å²) >= 11 is 0. The molecule has 0 saturated heterocycles. The van der Waals surface area contributed by atoms with Crippen LogP contribution >= 0.6 is 0 Å². The summed E-state index contributed by atoms with van der Waals surface area (Å²) in [6.45, 7) is 7.42. The zero-order chi connectivity index (χ0) is 27.4. The molecule has 0 bridgehead atoms. The minimum absolute atomic E-state index is 0.0314. The van der Waals surface area contributed by atoms with E-state index in [0.717, 1.165) is 5.56 Å². The van der Waals surface area contributed by atoms with Crippen LogP contribution in [0.1, 0.15) is 52.5 Å². The number of benzene rings is 1. The lowest BCUT2D eigenvalue weighted by Gasteiger charge is -2.25. The third-order valence-electron chi connectivity index (χ3n) is 5.34. The van der Waals surface area contributed by atoms with E-state index in [4.69, 9.17) is 11.5 Å². The van der Waals surface area contributed by atoms with Gasteiger partial charge in [-0.05, 0) is 30.2 Å². The van der Waals surface area contributed by atoms with E-state index in [1.54, 1.807) is 44.2 Å². The van der Waals surface area contributed by atoms with Gasteiger partial charge in [0.15, 0.2) is 0 Å². The number of primary amides is 1. The standard InChI is InChI=1S/C25H39N5O6/c1-14(2)10-17(26)22(32)28-18(12-16-8-6-5-7-9-16)23(33)29-19(13-21(27)31)24(34)30-20(25(35)36)11-15(3)4/h5-9,14-15,17-20H,10-13,26H2,1-4H3,(H2,27,31)(H,28,32)(H,29,33)(H,30,34)(H,35,36). The molecule has 1 aromatic carbocycles. The van der Waals surface area contributed by atoms with Gasteiger partial charge in [-0.25, -0.2) is 4.79 Å². The Hall–Kier alpha value is -3.47. The fourth-order valence-corrected chi connectivity index (χ4v) is 3.60. The van der Waals surface area contributed by atoms with E-state index in [0.29, 0.717) is 6.42 Å². The maximum absolute atomic E-state index is 13.2. The molecule has 8 N–H and O–H groups in total. The first kappa shape index (κ1) is 30.6. The second-order valence-electron chi connectivity index (χ2n) is 9.75. The Kier molecular flexibility index (Phi) is 12.6. The first-order valence-electron chi connectivity index (χ1n) is 12.0. The van der Waals surface area contributed by atoms with E-state index in [1.165, 1.54) is 0 Å². The Labute approximate surface area is 211 Å². The molecule has 0 aromatic heterocycles. The van der Waals surface area contributed by atoms with E-state index >= 15 is 0 Å². The van der Waals surface area contributed by atoms with Crippen molar-refractivity contribution in [1.29, 1.82) is 0 Å². The van der Waals surface area contributed by atoms with Crippen molar-refractivity contribution in [3.8, 4) is 0 Å². The van der Waals surface area contributed by atoms with Crippen LogP contribution in [0, 0.1) is 11.8 Å². The van der Waals surface area contributed by atoms with Crippen molar-refractivity contribution in [3.63, 3.8) is 0 Å². The monoisotopic (exact) mass is 505 g/mol. The first-order chi connectivity index (χ1) is 16.8. The number of carboxylic acid groups (broad SMARTS) is 1. The Morgan fingerprint density at radius 2 is 1.28 bits per heavy atom. The Bertz CT molecular complexity index is 905. The summed E-state index contributed by atoms with van der Waals surface area (Å²) in [5, 5.41) is 16.9. The van der Waals surface area contributed by atoms with Gasteiger partial charge >= 0.3 is 5.97 Å². The first-order valence-corrected chi connectivity index (χ1v) is 12.0. The predicted molar refractivity (Wildman–Crippen MR) is 134 cm³/mol. The minimum Gasteiger partial charge on any atom is -0.480 e. The number of carbonyl (C=O) groups is 5. The van der Waals surface area contributed by atoms with Gasteiger partial charge in [-0.2, -0.15) is 0 Å². The van der Waals surface area contributed by atoms with Gasteiger partial charge < -0.3 is 32.5 Å². The lowest BCUT2D eigenvalue weighted by molar-refractivity contribution is -0.143. The van der Waals surface area contributed by atoms with Crippen LogP contribution in [0.15, 0.2) is 30.3 Å². The molecule has 0 fully saturated rings. The van der Waals surface area contributed by atoms with Crippen LogP contribution < -0.4 is 27.4 Å². The van der Waals surface area contributed by atoms with Crippen LogP contribution in [0.4, 0.5) is 0 Å². The summed E-state index contributed by atoms with van der Waals surface area (Å²) in [7, 11) is 0. The molecule has 0 aliphatic carbocycles. The molecule has 0 saturated carbocycles. The maximum atomic E-state index is 13.2. The summed E-state index contributed by atoms with van der Waals surface area (Å²) in [5.41, 5.74) is 12.0. The average Bonchev–Trinajstić information content (AvgIpc) is 2.77. The molecule has 0 spiro atoms. The van der Waals surface area contributed by atoms with Crippen molar-refractivity contribution in [2.75, 3.05) is 0 Å². The number of hydrogen-bond donors (Lipinski definition) is 6. The van der Waals surface area contributed by atoms with Crippen LogP contribution in [0.5, 0.6) is 0 Å². The number of carbonyl (C=O) groups excluding carboxylic acids is 4. The Morgan fingerprint density at radius 3 is 1.78 bits per heavy atom. The molecule has 0 aliphatic heterocycles. The molecule has 11 nitrogen and oxygen atoms in total. The zero-order valence-electron chi connectivity index (χ0n) is 21.3. The Morgan fingerprint density at radius 1 is 0.778 bits per heavy atom. The molecule has 200 valence electrons. The van der Waals surface area contributed by atoms with Crippen molar-refractivity contribution in [1.82, 2.24) is 16.0 Å². The molecule has 1 rings (SSSR count). The number of carboxylic acids is 1. The van der Waals surface area contributed by atoms with Gasteiger partial charge in [0.25, 0.3) is 0 Å². The second-order valence-corrected chi connectivity index (χ2v) is 9.75. The minimum atomic E-state index is -1.43. The molecular formula is C25H39N5O6. The SMILES string of the molecule is CC(C)CC(N)C(=O)NC(Cc1ccccc1)C(=O)NC(CC(N)=O)C(=O)NC(CC(C)C)C(=O)O. The predicted octanol–water partition coefficient (Wildman–Crippen LogP) is 0.0630. The molecule has 0 radical (unpaired) electrons. The van der Waals surface area contributed by atoms with Crippen molar-refractivity contribution < 1.29 is 29.1 Å². The molecule has 0 heterocycles. The van der Waals surface area contributed by atoms with Crippen molar-refractivity contribution >= 4 is 29.6 Å². The summed E-state index contributed by atoms with van der Waals surface area (Å²) in [6, 6.07) is 4.33. The largest absolute Gasteiger partial charge is 0.480 e. The van der Waals surface area contributed by atoms with Crippen LogP contribution in [-0.4, -0.2) is 58.9 Å². The van der Waals surface area contributed by atoms with E-state index in [2.05, 4.69) is 16.0 Å². The number of aliphatic carboxylic acids is 1. The molecule has 4 amide bonds. The molecule has 11 heteroatoms. The zero-order valence-corrected chi connectivity index (χ0v) is 21.3. The van der Waals surface area contributed by atoms with Gasteiger partial charge in [0.1, 0.15) is 18.1 Å². The van der Waals surface area contributed by atoms with E-state index in [1.807, 2.05) is 13.8 Å². The molecule has 4 unspecified atom stereocenters. The number of nitrogens with one attached hydrogen (secondary N) is 3. The summed E-state index contributed by atoms with van der Waals surface area (Å²) in [6.07, 6.45) is 0.108. The highest BCUT2D eigenvalue weighted by molar-refractivity contribution is 5.96. The fraction of sp³-hybridized carbons (Fsp3) is 0.560. The fourth-order valence-electron chi connectivity index (χ4n) is 3.60. The van der Waals surface area contributed by atoms with Gasteiger partial charge in [0.05, 0.1) is 12.5 Å². The molecule has 36 heavy (non-hydrogen) atoms. The Balaban J connectivity index is 3.11. The van der Waals surface area contributed by atoms with Crippen molar-refractivity contribution in [3.05, 3.63) is 35.9 Å². The van der Waals surface area contributed by atoms with Gasteiger partial charge in [0.2, 0.25) is 23.6 Å². The van der Waals surface area contributed by atoms with Crippen LogP contribution in [-0.2, 0) is 30.4 Å². The summed E-state index contributed by atoms with van der Waals surface area (Å²) in [5.74, 6) is -4.11. The number of hydrogen-bond acceptors (Lipinski definition) is 6. The van der Waals surface area contributed by atoms with E-state index in [-0.39, 0.29) is 24.7 Å². The molecule has 1 aromatic rings. The van der Waals surface area contributed by atoms with Gasteiger partial charge in [-0.1, -0.05) is 58.0 Å². The molecule has 4 atom stereocenters. The van der Waals surface area contributed by atoms with Crippen molar-refractivity contribution in [2.24, 2.45) is 23.3 Å². The average molecular weight is 506 g/mol.